The van der Waals surface area contributed by atoms with Crippen molar-refractivity contribution in [1.29, 1.82) is 5.41 Å². The lowest BCUT2D eigenvalue weighted by atomic mass is 10.0. The molecule has 220 valence electrons. The molecule has 3 aromatic rings. The molecule has 3 atom stereocenters. The second-order valence-electron chi connectivity index (χ2n) is 10.6. The van der Waals surface area contributed by atoms with Gasteiger partial charge in [0, 0.05) is 52.1 Å². The van der Waals surface area contributed by atoms with Crippen molar-refractivity contribution >= 4 is 34.9 Å². The van der Waals surface area contributed by atoms with Gasteiger partial charge in [0.1, 0.15) is 11.9 Å². The van der Waals surface area contributed by atoms with Gasteiger partial charge in [-0.2, -0.15) is 8.78 Å². The van der Waals surface area contributed by atoms with Gasteiger partial charge < -0.3 is 26.0 Å². The van der Waals surface area contributed by atoms with Crippen LogP contribution in [0, 0.1) is 11.3 Å². The number of benzene rings is 2. The van der Waals surface area contributed by atoms with Gasteiger partial charge in [0.15, 0.2) is 0 Å². The van der Waals surface area contributed by atoms with Crippen LogP contribution in [0.25, 0.3) is 11.1 Å². The topological polar surface area (TPSA) is 138 Å². The van der Waals surface area contributed by atoms with Crippen LogP contribution < -0.4 is 16.4 Å². The summed E-state index contributed by atoms with van der Waals surface area (Å²) in [5, 5.41) is 14.8. The number of hydrogen-bond donors (Lipinski definition) is 4. The van der Waals surface area contributed by atoms with Crippen molar-refractivity contribution in [3.8, 4) is 11.1 Å². The van der Waals surface area contributed by atoms with Gasteiger partial charge in [-0.3, -0.25) is 19.8 Å². The number of thiophene rings is 1. The molecule has 5 rings (SSSR count). The van der Waals surface area contributed by atoms with Crippen LogP contribution in [0.3, 0.4) is 0 Å². The van der Waals surface area contributed by atoms with Crippen LogP contribution in [0.2, 0.25) is 0 Å². The normalized spacial score (nSPS) is 19.1. The number of carbonyl (C=O) groups is 3. The molecule has 2 heterocycles. The molecule has 1 aliphatic carbocycles. The minimum atomic E-state index is -3.24. The predicted molar refractivity (Wildman–Crippen MR) is 155 cm³/mol. The second kappa shape index (κ2) is 11.6. The summed E-state index contributed by atoms with van der Waals surface area (Å²) in [6, 6.07) is 10.9. The zero-order valence-electron chi connectivity index (χ0n) is 23.1. The van der Waals surface area contributed by atoms with Crippen LogP contribution >= 0.6 is 11.3 Å². The lowest BCUT2D eigenvalue weighted by Crippen LogP contribution is -2.49. The number of nitrogens with one attached hydrogen (secondary N) is 3. The molecule has 1 saturated heterocycles. The Morgan fingerprint density at radius 3 is 2.60 bits per heavy atom. The molecular formula is C30H31F2N5O4S. The highest BCUT2D eigenvalue weighted by molar-refractivity contribution is 7.10. The van der Waals surface area contributed by atoms with Crippen LogP contribution in [-0.2, 0) is 20.2 Å². The summed E-state index contributed by atoms with van der Waals surface area (Å²) >= 11 is 1.37. The summed E-state index contributed by atoms with van der Waals surface area (Å²) < 4.78 is 35.4. The van der Waals surface area contributed by atoms with Crippen molar-refractivity contribution in [2.24, 2.45) is 11.7 Å². The first-order valence-electron chi connectivity index (χ1n) is 13.4. The molecule has 0 saturated carbocycles. The van der Waals surface area contributed by atoms with E-state index in [1.807, 2.05) is 0 Å². The number of nitrogens with two attached hydrogens (primary N) is 1. The molecule has 0 spiro atoms. The number of amides is 3. The standard InChI is InChI=1S/C30H31F2N5O4S/c1-16(25-11-19(15-42-25)27(33)34)36-29(40)24-9-17(14-41-2)13-37(24)26(38)12-35-28(39)18-7-8-21-20-5-3-4-6-22(20)30(31,32)23(21)10-18/h3-8,10-11,15-17,24H,9,12-14H2,1-2H3,(H3,33,34)(H,35,39)(H,36,40)/t16-,17?,24?/m1/s1. The van der Waals surface area contributed by atoms with E-state index in [9.17, 15) is 14.4 Å². The van der Waals surface area contributed by atoms with Crippen LogP contribution in [0.15, 0.2) is 53.9 Å². The van der Waals surface area contributed by atoms with Gasteiger partial charge in [-0.25, -0.2) is 0 Å². The quantitative estimate of drug-likeness (QED) is 0.221. The molecule has 9 nitrogen and oxygen atoms in total. The maximum atomic E-state index is 15.1. The maximum Gasteiger partial charge on any atom is 0.299 e. The van der Waals surface area contributed by atoms with Crippen LogP contribution in [-0.4, -0.2) is 61.3 Å². The number of rotatable bonds is 9. The highest BCUT2D eigenvalue weighted by atomic mass is 32.1. The van der Waals surface area contributed by atoms with E-state index in [0.29, 0.717) is 29.7 Å². The van der Waals surface area contributed by atoms with E-state index in [1.165, 1.54) is 40.5 Å². The van der Waals surface area contributed by atoms with Crippen molar-refractivity contribution in [3.05, 3.63) is 81.0 Å². The molecule has 0 radical (unpaired) electrons. The molecular weight excluding hydrogens is 564 g/mol. The fraction of sp³-hybridized carbons (Fsp3) is 0.333. The molecule has 2 unspecified atom stereocenters. The lowest BCUT2D eigenvalue weighted by molar-refractivity contribution is -0.138. The summed E-state index contributed by atoms with van der Waals surface area (Å²) in [7, 11) is 1.55. The van der Waals surface area contributed by atoms with Gasteiger partial charge in [0.2, 0.25) is 11.8 Å². The first-order chi connectivity index (χ1) is 20.0. The minimum absolute atomic E-state index is 0.0108. The Kier molecular flexibility index (Phi) is 8.11. The third-order valence-electron chi connectivity index (χ3n) is 7.71. The number of carbonyl (C=O) groups excluding carboxylic acids is 3. The zero-order chi connectivity index (χ0) is 30.2. The van der Waals surface area contributed by atoms with Gasteiger partial charge in [-0.15, -0.1) is 11.3 Å². The number of ether oxygens (including phenoxy) is 1. The minimum Gasteiger partial charge on any atom is -0.384 e. The van der Waals surface area contributed by atoms with Gasteiger partial charge in [0.05, 0.1) is 19.2 Å². The van der Waals surface area contributed by atoms with Crippen LogP contribution in [0.4, 0.5) is 8.78 Å². The molecule has 1 aromatic heterocycles. The van der Waals surface area contributed by atoms with E-state index in [2.05, 4.69) is 10.6 Å². The van der Waals surface area contributed by atoms with Crippen molar-refractivity contribution in [2.75, 3.05) is 26.8 Å². The number of amidine groups is 1. The number of alkyl halides is 2. The number of hydrogen-bond acceptors (Lipinski definition) is 6. The maximum absolute atomic E-state index is 15.1. The largest absolute Gasteiger partial charge is 0.384 e. The Labute approximate surface area is 245 Å². The summed E-state index contributed by atoms with van der Waals surface area (Å²) in [5.74, 6) is -4.86. The Morgan fingerprint density at radius 1 is 1.14 bits per heavy atom. The van der Waals surface area contributed by atoms with Gasteiger partial charge in [-0.1, -0.05) is 30.3 Å². The van der Waals surface area contributed by atoms with Gasteiger partial charge in [-0.05, 0) is 42.7 Å². The predicted octanol–water partition coefficient (Wildman–Crippen LogP) is 3.62. The first kappa shape index (κ1) is 29.3. The number of nitrogens with zero attached hydrogens (tertiary/aromatic N) is 1. The molecule has 5 N–H and O–H groups in total. The Balaban J connectivity index is 1.25. The number of fused-ring (bicyclic) bond motifs is 3. The third-order valence-corrected chi connectivity index (χ3v) is 8.82. The van der Waals surface area contributed by atoms with Crippen molar-refractivity contribution < 1.29 is 27.9 Å². The van der Waals surface area contributed by atoms with E-state index in [1.54, 1.807) is 43.7 Å². The van der Waals surface area contributed by atoms with E-state index >= 15 is 8.78 Å². The average molecular weight is 596 g/mol. The third kappa shape index (κ3) is 5.51. The smallest absolute Gasteiger partial charge is 0.299 e. The lowest BCUT2D eigenvalue weighted by Gasteiger charge is -2.25. The molecule has 2 aromatic carbocycles. The summed E-state index contributed by atoms with van der Waals surface area (Å²) in [4.78, 5) is 41.7. The molecule has 3 amide bonds. The van der Waals surface area contributed by atoms with E-state index in [-0.39, 0.29) is 46.9 Å². The molecule has 1 aliphatic heterocycles. The SMILES string of the molecule is COCC1CC(C(=O)N[C@H](C)c2cc(C(=N)N)cs2)N(C(=O)CNC(=O)c2ccc3c(c2)C(F)(F)c2ccccc2-3)C1. The van der Waals surface area contributed by atoms with E-state index < -0.39 is 30.3 Å². The van der Waals surface area contributed by atoms with E-state index in [0.717, 1.165) is 4.88 Å². The zero-order valence-corrected chi connectivity index (χ0v) is 23.9. The number of nitrogen functional groups attached to an aromatic ring is 1. The summed E-state index contributed by atoms with van der Waals surface area (Å²) in [5.41, 5.74) is 6.56. The first-order valence-corrected chi connectivity index (χ1v) is 14.3. The highest BCUT2D eigenvalue weighted by Crippen LogP contribution is 2.50. The van der Waals surface area contributed by atoms with Crippen molar-refractivity contribution in [2.45, 2.75) is 31.4 Å². The van der Waals surface area contributed by atoms with Crippen molar-refractivity contribution in [3.63, 3.8) is 0 Å². The monoisotopic (exact) mass is 595 g/mol. The Bertz CT molecular complexity index is 1560. The van der Waals surface area contributed by atoms with Crippen LogP contribution in [0.1, 0.15) is 51.3 Å². The number of methoxy groups -OCH3 is 1. The number of likely N-dealkylation sites (tertiary alicyclic amines) is 1. The second-order valence-corrected chi connectivity index (χ2v) is 11.5. The highest BCUT2D eigenvalue weighted by Gasteiger charge is 2.44. The van der Waals surface area contributed by atoms with E-state index in [4.69, 9.17) is 15.9 Å². The molecule has 42 heavy (non-hydrogen) atoms. The van der Waals surface area contributed by atoms with Gasteiger partial charge >= 0.3 is 0 Å². The molecule has 0 bridgehead atoms. The molecule has 1 fully saturated rings. The Hall–Kier alpha value is -4.16. The molecule has 12 heteroatoms. The average Bonchev–Trinajstić information content (AvgIpc) is 3.68. The van der Waals surface area contributed by atoms with Crippen molar-refractivity contribution in [1.82, 2.24) is 15.5 Å². The fourth-order valence-corrected chi connectivity index (χ4v) is 6.50. The van der Waals surface area contributed by atoms with Gasteiger partial charge in [0.25, 0.3) is 11.8 Å². The summed E-state index contributed by atoms with van der Waals surface area (Å²) in [6.07, 6.45) is 0.385. The van der Waals surface area contributed by atoms with Crippen LogP contribution in [0.5, 0.6) is 0 Å². The fourth-order valence-electron chi connectivity index (χ4n) is 5.58. The number of halogens is 2. The molecule has 2 aliphatic rings. The Morgan fingerprint density at radius 2 is 1.88 bits per heavy atom. The summed E-state index contributed by atoms with van der Waals surface area (Å²) in [6.45, 7) is 2.03.